The molecule has 3 nitrogen and oxygen atoms in total. The van der Waals surface area contributed by atoms with Crippen LogP contribution in [0.1, 0.15) is 32.3 Å². The molecule has 1 rings (SSSR count). The van der Waals surface area contributed by atoms with E-state index in [4.69, 9.17) is 18.0 Å². The van der Waals surface area contributed by atoms with Crippen LogP contribution in [0.2, 0.25) is 0 Å². The van der Waals surface area contributed by atoms with E-state index in [-0.39, 0.29) is 22.9 Å². The van der Waals surface area contributed by atoms with Crippen LogP contribution in [0, 0.1) is 5.92 Å². The summed E-state index contributed by atoms with van der Waals surface area (Å²) in [5.41, 5.74) is 6.83. The van der Waals surface area contributed by atoms with E-state index in [9.17, 15) is 4.79 Å². The van der Waals surface area contributed by atoms with Crippen LogP contribution in [0.5, 0.6) is 0 Å². The van der Waals surface area contributed by atoms with Gasteiger partial charge in [-0.15, -0.1) is 0 Å². The van der Waals surface area contributed by atoms with Gasteiger partial charge in [0.25, 0.3) is 0 Å². The van der Waals surface area contributed by atoms with Crippen LogP contribution in [0.15, 0.2) is 30.3 Å². The number of nitrogens with two attached hydrogens (primary N) is 1. The van der Waals surface area contributed by atoms with Crippen molar-refractivity contribution in [2.75, 3.05) is 0 Å². The highest BCUT2D eigenvalue weighted by Gasteiger charge is 2.21. The van der Waals surface area contributed by atoms with Crippen LogP contribution >= 0.6 is 12.2 Å². The quantitative estimate of drug-likeness (QED) is 0.753. The lowest BCUT2D eigenvalue weighted by Crippen LogP contribution is -2.42. The fourth-order valence-corrected chi connectivity index (χ4v) is 2.28. The third kappa shape index (κ3) is 5.39. The largest absolute Gasteiger partial charge is 0.393 e. The fraction of sp³-hybridized carbons (Fsp3) is 0.467. The summed E-state index contributed by atoms with van der Waals surface area (Å²) in [6, 6.07) is 10.2. The highest BCUT2D eigenvalue weighted by molar-refractivity contribution is 7.80. The molecule has 2 atom stereocenters. The maximum atomic E-state index is 12.1. The van der Waals surface area contributed by atoms with Crippen molar-refractivity contribution in [2.45, 2.75) is 39.2 Å². The Labute approximate surface area is 120 Å². The second kappa shape index (κ2) is 7.89. The molecule has 2 unspecified atom stereocenters. The number of hydrogen-bond donors (Lipinski definition) is 2. The molecule has 0 bridgehead atoms. The number of hydrogen-bond acceptors (Lipinski definition) is 2. The van der Waals surface area contributed by atoms with Crippen molar-refractivity contribution in [2.24, 2.45) is 11.7 Å². The Balaban J connectivity index is 2.53. The molecule has 3 N–H and O–H groups in total. The predicted octanol–water partition coefficient (Wildman–Crippen LogP) is 2.44. The van der Waals surface area contributed by atoms with Crippen molar-refractivity contribution in [3.8, 4) is 0 Å². The first kappa shape index (κ1) is 15.6. The molecule has 4 heteroatoms. The van der Waals surface area contributed by atoms with Gasteiger partial charge in [-0.1, -0.05) is 55.9 Å². The van der Waals surface area contributed by atoms with Crippen molar-refractivity contribution in [1.29, 1.82) is 0 Å². The molecule has 19 heavy (non-hydrogen) atoms. The van der Waals surface area contributed by atoms with Crippen molar-refractivity contribution >= 4 is 23.1 Å². The number of nitrogens with one attached hydrogen (secondary N) is 1. The second-order valence-electron chi connectivity index (χ2n) is 4.84. The SMILES string of the molecule is CCCC(C(=O)NC(C)Cc1ccccc1)C(N)=S. The Bertz CT molecular complexity index is 419. The third-order valence-electron chi connectivity index (χ3n) is 3.01. The minimum absolute atomic E-state index is 0.0576. The third-order valence-corrected chi connectivity index (χ3v) is 3.30. The van der Waals surface area contributed by atoms with Gasteiger partial charge in [-0.25, -0.2) is 0 Å². The Morgan fingerprint density at radius 2 is 2.00 bits per heavy atom. The summed E-state index contributed by atoms with van der Waals surface area (Å²) < 4.78 is 0. The summed E-state index contributed by atoms with van der Waals surface area (Å²) >= 11 is 4.96. The number of carbonyl (C=O) groups excluding carboxylic acids is 1. The Morgan fingerprint density at radius 1 is 1.37 bits per heavy atom. The number of rotatable bonds is 7. The van der Waals surface area contributed by atoms with Gasteiger partial charge in [-0.3, -0.25) is 4.79 Å². The van der Waals surface area contributed by atoms with Crippen LogP contribution in [0.3, 0.4) is 0 Å². The second-order valence-corrected chi connectivity index (χ2v) is 5.31. The topological polar surface area (TPSA) is 55.1 Å². The zero-order chi connectivity index (χ0) is 14.3. The van der Waals surface area contributed by atoms with E-state index >= 15 is 0 Å². The summed E-state index contributed by atoms with van der Waals surface area (Å²) in [7, 11) is 0. The molecule has 0 saturated heterocycles. The van der Waals surface area contributed by atoms with Crippen LogP contribution in [-0.4, -0.2) is 16.9 Å². The lowest BCUT2D eigenvalue weighted by atomic mass is 10.0. The molecule has 0 fully saturated rings. The molecular formula is C15H22N2OS. The first-order valence-corrected chi connectivity index (χ1v) is 7.09. The summed E-state index contributed by atoms with van der Waals surface area (Å²) in [5, 5.41) is 2.99. The maximum Gasteiger partial charge on any atom is 0.230 e. The molecule has 0 aliphatic carbocycles. The summed E-state index contributed by atoms with van der Waals surface area (Å²) in [5.74, 6) is -0.406. The molecule has 0 saturated carbocycles. The Hall–Kier alpha value is -1.42. The van der Waals surface area contributed by atoms with Crippen LogP contribution in [0.4, 0.5) is 0 Å². The van der Waals surface area contributed by atoms with Gasteiger partial charge < -0.3 is 11.1 Å². The smallest absolute Gasteiger partial charge is 0.230 e. The van der Waals surface area contributed by atoms with Gasteiger partial charge in [0.05, 0.1) is 10.9 Å². The van der Waals surface area contributed by atoms with Gasteiger partial charge in [0, 0.05) is 6.04 Å². The highest BCUT2D eigenvalue weighted by Crippen LogP contribution is 2.09. The molecule has 0 aliphatic rings. The molecule has 1 amide bonds. The summed E-state index contributed by atoms with van der Waals surface area (Å²) in [6.45, 7) is 4.01. The number of benzene rings is 1. The molecule has 104 valence electrons. The van der Waals surface area contributed by atoms with E-state index in [1.54, 1.807) is 0 Å². The van der Waals surface area contributed by atoms with Crippen molar-refractivity contribution in [3.05, 3.63) is 35.9 Å². The monoisotopic (exact) mass is 278 g/mol. The van der Waals surface area contributed by atoms with Gasteiger partial charge in [-0.05, 0) is 25.3 Å². The van der Waals surface area contributed by atoms with E-state index in [0.29, 0.717) is 6.42 Å². The number of amides is 1. The fourth-order valence-electron chi connectivity index (χ4n) is 2.05. The minimum atomic E-state index is -0.349. The summed E-state index contributed by atoms with van der Waals surface area (Å²) in [4.78, 5) is 12.4. The van der Waals surface area contributed by atoms with E-state index in [2.05, 4.69) is 17.4 Å². The molecule has 0 heterocycles. The molecule has 0 radical (unpaired) electrons. The molecule has 1 aromatic carbocycles. The molecule has 0 aliphatic heterocycles. The van der Waals surface area contributed by atoms with Crippen molar-refractivity contribution < 1.29 is 4.79 Å². The minimum Gasteiger partial charge on any atom is -0.393 e. The van der Waals surface area contributed by atoms with Gasteiger partial charge in [0.2, 0.25) is 5.91 Å². The van der Waals surface area contributed by atoms with E-state index in [0.717, 1.165) is 12.8 Å². The number of thiocarbonyl (C=S) groups is 1. The zero-order valence-electron chi connectivity index (χ0n) is 11.6. The van der Waals surface area contributed by atoms with E-state index in [1.807, 2.05) is 32.0 Å². The van der Waals surface area contributed by atoms with Gasteiger partial charge >= 0.3 is 0 Å². The van der Waals surface area contributed by atoms with E-state index < -0.39 is 0 Å². The molecule has 0 spiro atoms. The summed E-state index contributed by atoms with van der Waals surface area (Å²) in [6.07, 6.45) is 2.41. The standard InChI is InChI=1S/C15H22N2OS/c1-3-7-13(14(16)19)15(18)17-11(2)10-12-8-5-4-6-9-12/h4-6,8-9,11,13H,3,7,10H2,1-2H3,(H2,16,19)(H,17,18). The van der Waals surface area contributed by atoms with Gasteiger partial charge in [0.15, 0.2) is 0 Å². The van der Waals surface area contributed by atoms with Crippen LogP contribution in [-0.2, 0) is 11.2 Å². The maximum absolute atomic E-state index is 12.1. The average molecular weight is 278 g/mol. The molecule has 1 aromatic rings. The Morgan fingerprint density at radius 3 is 2.53 bits per heavy atom. The average Bonchev–Trinajstić information content (AvgIpc) is 2.36. The van der Waals surface area contributed by atoms with Crippen LogP contribution in [0.25, 0.3) is 0 Å². The lowest BCUT2D eigenvalue weighted by Gasteiger charge is -2.19. The number of carbonyl (C=O) groups is 1. The van der Waals surface area contributed by atoms with Gasteiger partial charge in [-0.2, -0.15) is 0 Å². The first-order valence-electron chi connectivity index (χ1n) is 6.68. The Kier molecular flexibility index (Phi) is 6.50. The lowest BCUT2D eigenvalue weighted by molar-refractivity contribution is -0.123. The normalized spacial score (nSPS) is 13.6. The molecule has 0 aromatic heterocycles. The predicted molar refractivity (Wildman–Crippen MR) is 82.9 cm³/mol. The van der Waals surface area contributed by atoms with Crippen molar-refractivity contribution in [3.63, 3.8) is 0 Å². The first-order chi connectivity index (χ1) is 9.04. The van der Waals surface area contributed by atoms with Gasteiger partial charge in [0.1, 0.15) is 0 Å². The van der Waals surface area contributed by atoms with E-state index in [1.165, 1.54) is 5.56 Å². The zero-order valence-corrected chi connectivity index (χ0v) is 12.4. The highest BCUT2D eigenvalue weighted by atomic mass is 32.1. The molecular weight excluding hydrogens is 256 g/mol. The van der Waals surface area contributed by atoms with Crippen molar-refractivity contribution in [1.82, 2.24) is 5.32 Å². The van der Waals surface area contributed by atoms with Crippen LogP contribution < -0.4 is 11.1 Å².